The molecule has 2 rings (SSSR count). The molecule has 1 aliphatic rings. The van der Waals surface area contributed by atoms with Gasteiger partial charge in [0.2, 0.25) is 6.54 Å². The molecule has 0 spiro atoms. The normalized spacial score (nSPS) is 23.8. The molecule has 0 bridgehead atoms. The van der Waals surface area contributed by atoms with Crippen molar-refractivity contribution in [1.82, 2.24) is 14.2 Å². The van der Waals surface area contributed by atoms with Crippen molar-refractivity contribution < 1.29 is 22.7 Å². The summed E-state index contributed by atoms with van der Waals surface area (Å²) >= 11 is 0. The Hall–Kier alpha value is -1.40. The molecule has 10 nitrogen and oxygen atoms in total. The lowest BCUT2D eigenvalue weighted by Crippen LogP contribution is -2.39. The highest BCUT2D eigenvalue weighted by Crippen LogP contribution is 2.51. The lowest BCUT2D eigenvalue weighted by Gasteiger charge is -2.37. The van der Waals surface area contributed by atoms with E-state index in [-0.39, 0.29) is 37.2 Å². The van der Waals surface area contributed by atoms with Crippen molar-refractivity contribution in [2.45, 2.75) is 77.7 Å². The van der Waals surface area contributed by atoms with E-state index in [0.29, 0.717) is 6.16 Å². The van der Waals surface area contributed by atoms with Crippen molar-refractivity contribution in [3.63, 3.8) is 0 Å². The third kappa shape index (κ3) is 8.04. The van der Waals surface area contributed by atoms with Crippen molar-refractivity contribution in [2.24, 2.45) is 0 Å². The van der Waals surface area contributed by atoms with Crippen LogP contribution in [0.3, 0.4) is 0 Å². The van der Waals surface area contributed by atoms with Crippen LogP contribution in [0.4, 0.5) is 4.39 Å². The Balaban J connectivity index is 2.43. The molecule has 1 aliphatic heterocycles. The number of rotatable bonds is 12. The number of halogens is 1. The van der Waals surface area contributed by atoms with E-state index in [4.69, 9.17) is 20.4 Å². The minimum atomic E-state index is -2.43. The molecule has 2 heterocycles. The number of aromatic amines is 1. The molecule has 1 fully saturated rings. The number of nitrogens with zero attached hydrogens (tertiary/aromatic N) is 3. The van der Waals surface area contributed by atoms with Crippen LogP contribution in [0.25, 0.3) is 4.85 Å². The summed E-state index contributed by atoms with van der Waals surface area (Å²) in [7, 11) is -4.20. The Kier molecular flexibility index (Phi) is 10.8. The summed E-state index contributed by atoms with van der Waals surface area (Å²) in [4.78, 5) is 29.8. The van der Waals surface area contributed by atoms with Crippen molar-refractivity contribution in [3.8, 4) is 0 Å². The maximum atomic E-state index is 16.0. The minimum absolute atomic E-state index is 0.0136. The predicted octanol–water partition coefficient (Wildman–Crippen LogP) is 3.76. The molecule has 1 saturated heterocycles. The Bertz CT molecular complexity index is 1040. The Morgan fingerprint density at radius 3 is 2.49 bits per heavy atom. The number of aromatic nitrogens is 2. The fraction of sp³-hybridized carbons (Fsp3) is 0.773. The number of H-pyrrole nitrogens is 1. The van der Waals surface area contributed by atoms with Gasteiger partial charge in [-0.05, 0) is 54.4 Å². The second-order valence-electron chi connectivity index (χ2n) is 9.66. The zero-order valence-electron chi connectivity index (χ0n) is 21.4. The fourth-order valence-electron chi connectivity index (χ4n) is 3.88. The van der Waals surface area contributed by atoms with E-state index in [1.807, 2.05) is 32.4 Å². The van der Waals surface area contributed by atoms with Crippen molar-refractivity contribution in [3.05, 3.63) is 44.0 Å². The molecular formula is C22H37FN4O6P2. The largest absolute Gasteiger partial charge is 0.349 e. The van der Waals surface area contributed by atoms with Crippen LogP contribution in [0.5, 0.6) is 0 Å². The van der Waals surface area contributed by atoms with Gasteiger partial charge < -0.3 is 23.2 Å². The molecule has 5 atom stereocenters. The Labute approximate surface area is 207 Å². The third-order valence-corrected chi connectivity index (χ3v) is 8.97. The van der Waals surface area contributed by atoms with Crippen LogP contribution in [0.2, 0.25) is 0 Å². The summed E-state index contributed by atoms with van der Waals surface area (Å²) in [5.74, 6) is 0. The lowest BCUT2D eigenvalue weighted by atomic mass is 10.1. The zero-order valence-corrected chi connectivity index (χ0v) is 23.2. The van der Waals surface area contributed by atoms with Gasteiger partial charge in [0.05, 0.1) is 13.2 Å². The van der Waals surface area contributed by atoms with Crippen LogP contribution < -0.4 is 11.2 Å². The monoisotopic (exact) mass is 534 g/mol. The van der Waals surface area contributed by atoms with Gasteiger partial charge in [-0.3, -0.25) is 14.3 Å². The maximum Gasteiger partial charge on any atom is 0.330 e. The van der Waals surface area contributed by atoms with E-state index in [0.717, 1.165) is 4.57 Å². The van der Waals surface area contributed by atoms with Gasteiger partial charge in [-0.1, -0.05) is 0 Å². The second kappa shape index (κ2) is 12.7. The molecule has 198 valence electrons. The SMILES string of the molecule is [C-]#[N+]CCOP(O[C@H]1[C@@H](F)[C@H](n2cc(C)c(=O)[nH]c2=O)O[C@@H]1CCP(C)(C)=O)N(C(C)C)C(C)C. The van der Waals surface area contributed by atoms with Crippen LogP contribution in [-0.2, 0) is 18.3 Å². The molecule has 13 heteroatoms. The molecule has 1 unspecified atom stereocenters. The van der Waals surface area contributed by atoms with Gasteiger partial charge in [0.25, 0.3) is 14.1 Å². The van der Waals surface area contributed by atoms with Gasteiger partial charge in [-0.25, -0.2) is 20.4 Å². The first-order valence-electron chi connectivity index (χ1n) is 11.6. The van der Waals surface area contributed by atoms with E-state index >= 15 is 4.39 Å². The molecule has 1 aromatic heterocycles. The van der Waals surface area contributed by atoms with Crippen LogP contribution >= 0.6 is 15.7 Å². The summed E-state index contributed by atoms with van der Waals surface area (Å²) in [6, 6.07) is 0.0271. The van der Waals surface area contributed by atoms with E-state index in [2.05, 4.69) is 9.83 Å². The number of alkyl halides is 1. The summed E-state index contributed by atoms with van der Waals surface area (Å²) in [5.41, 5.74) is -1.10. The summed E-state index contributed by atoms with van der Waals surface area (Å²) < 4.78 is 49.5. The topological polar surface area (TPSA) is 107 Å². The van der Waals surface area contributed by atoms with E-state index in [9.17, 15) is 14.2 Å². The summed E-state index contributed by atoms with van der Waals surface area (Å²) in [6.45, 7) is 20.0. The number of aryl methyl sites for hydroxylation is 1. The lowest BCUT2D eigenvalue weighted by molar-refractivity contribution is -0.0271. The van der Waals surface area contributed by atoms with Crippen LogP contribution in [0.15, 0.2) is 15.8 Å². The Morgan fingerprint density at radius 1 is 1.31 bits per heavy atom. The van der Waals surface area contributed by atoms with Crippen LogP contribution in [-0.4, -0.2) is 77.3 Å². The number of hydrogen-bond donors (Lipinski definition) is 1. The minimum Gasteiger partial charge on any atom is -0.349 e. The number of nitrogens with one attached hydrogen (secondary N) is 1. The second-order valence-corrected chi connectivity index (χ2v) is 14.7. The predicted molar refractivity (Wildman–Crippen MR) is 135 cm³/mol. The van der Waals surface area contributed by atoms with E-state index in [1.165, 1.54) is 13.1 Å². The maximum absolute atomic E-state index is 16.0. The smallest absolute Gasteiger partial charge is 0.330 e. The van der Waals surface area contributed by atoms with E-state index in [1.54, 1.807) is 13.3 Å². The van der Waals surface area contributed by atoms with Gasteiger partial charge in [0.15, 0.2) is 12.4 Å². The summed E-state index contributed by atoms with van der Waals surface area (Å²) in [6.07, 6.45) is -3.14. The molecule has 0 aliphatic carbocycles. The zero-order chi connectivity index (χ0) is 26.5. The molecular weight excluding hydrogens is 497 g/mol. The highest BCUT2D eigenvalue weighted by atomic mass is 31.2. The molecule has 0 radical (unpaired) electrons. The van der Waals surface area contributed by atoms with Crippen molar-refractivity contribution >= 4 is 15.7 Å². The van der Waals surface area contributed by atoms with Gasteiger partial charge in [0.1, 0.15) is 12.7 Å². The molecule has 35 heavy (non-hydrogen) atoms. The highest BCUT2D eigenvalue weighted by molar-refractivity contribution is 7.62. The average Bonchev–Trinajstić information content (AvgIpc) is 3.03. The molecule has 0 amide bonds. The first kappa shape index (κ1) is 29.8. The average molecular weight is 535 g/mol. The number of hydrogen-bond acceptors (Lipinski definition) is 7. The molecule has 1 N–H and O–H groups in total. The van der Waals surface area contributed by atoms with Crippen molar-refractivity contribution in [2.75, 3.05) is 32.6 Å². The standard InChI is InChI=1S/C22H37FN4O6P2/c1-14(2)27(15(3)4)34(31-11-10-24-6)33-19-17(9-12-35(7,8)30)32-21(18(19)23)26-13-16(5)20(28)25-22(26)29/h13-15,17-19,21H,9-12H2,1-5,7-8H3,(H,25,28,29)/t17-,18-,19-,21-,34?/m1/s1. The van der Waals surface area contributed by atoms with Crippen LogP contribution in [0.1, 0.15) is 45.9 Å². The van der Waals surface area contributed by atoms with E-state index < -0.39 is 51.5 Å². The number of ether oxygens (including phenoxy) is 1. The first-order chi connectivity index (χ1) is 16.3. The van der Waals surface area contributed by atoms with Gasteiger partial charge >= 0.3 is 5.69 Å². The Morgan fingerprint density at radius 2 is 1.94 bits per heavy atom. The third-order valence-electron chi connectivity index (χ3n) is 5.50. The fourth-order valence-corrected chi connectivity index (χ4v) is 6.51. The van der Waals surface area contributed by atoms with Gasteiger partial charge in [0, 0.05) is 30.0 Å². The van der Waals surface area contributed by atoms with Gasteiger partial charge in [-0.15, -0.1) is 0 Å². The van der Waals surface area contributed by atoms with Crippen molar-refractivity contribution in [1.29, 1.82) is 0 Å². The highest BCUT2D eigenvalue weighted by Gasteiger charge is 2.49. The van der Waals surface area contributed by atoms with Gasteiger partial charge in [-0.2, -0.15) is 0 Å². The van der Waals surface area contributed by atoms with Crippen LogP contribution in [0, 0.1) is 13.5 Å². The first-order valence-corrected chi connectivity index (χ1v) is 15.5. The molecule has 1 aromatic rings. The molecule has 0 saturated carbocycles. The molecule has 0 aromatic carbocycles. The quantitative estimate of drug-likeness (QED) is 0.247. The summed E-state index contributed by atoms with van der Waals surface area (Å²) in [5, 5.41) is 0.